The topological polar surface area (TPSA) is 132 Å². The number of aliphatic hydroxyl groups is 1. The van der Waals surface area contributed by atoms with Gasteiger partial charge in [0.05, 0.1) is 12.8 Å². The summed E-state index contributed by atoms with van der Waals surface area (Å²) < 4.78 is 0. The zero-order valence-corrected chi connectivity index (χ0v) is 14.0. The van der Waals surface area contributed by atoms with Gasteiger partial charge < -0.3 is 20.8 Å². The molecule has 0 aliphatic carbocycles. The van der Waals surface area contributed by atoms with Crippen molar-refractivity contribution in [1.82, 2.24) is 20.3 Å². The molecule has 0 atom stereocenters. The average molecular weight is 354 g/mol. The smallest absolute Gasteiger partial charge is 0.320 e. The van der Waals surface area contributed by atoms with Gasteiger partial charge in [-0.25, -0.2) is 19.7 Å². The van der Waals surface area contributed by atoms with Crippen molar-refractivity contribution in [1.29, 1.82) is 0 Å². The van der Waals surface area contributed by atoms with Crippen molar-refractivity contribution >= 4 is 34.5 Å². The highest BCUT2D eigenvalue weighted by Gasteiger charge is 2.08. The van der Waals surface area contributed by atoms with Crippen molar-refractivity contribution in [3.8, 4) is 5.75 Å². The molecule has 3 rings (SSSR count). The summed E-state index contributed by atoms with van der Waals surface area (Å²) in [4.78, 5) is 24.5. The number of urea groups is 1. The van der Waals surface area contributed by atoms with Gasteiger partial charge >= 0.3 is 6.03 Å². The number of aliphatic hydroxyl groups excluding tert-OH is 1. The molecule has 2 aromatic heterocycles. The molecular weight excluding hydrogens is 336 g/mol. The van der Waals surface area contributed by atoms with Crippen LogP contribution < -0.4 is 16.0 Å². The summed E-state index contributed by atoms with van der Waals surface area (Å²) in [6.45, 7) is 2.13. The Bertz CT molecular complexity index is 947. The van der Waals surface area contributed by atoms with Crippen molar-refractivity contribution < 1.29 is 15.0 Å². The minimum Gasteiger partial charge on any atom is -0.508 e. The molecule has 9 nitrogen and oxygen atoms in total. The van der Waals surface area contributed by atoms with Crippen LogP contribution in [0.15, 0.2) is 36.5 Å². The first-order chi connectivity index (χ1) is 12.6. The number of fused-ring (bicyclic) bond motifs is 1. The van der Waals surface area contributed by atoms with E-state index in [9.17, 15) is 15.0 Å². The zero-order chi connectivity index (χ0) is 18.5. The van der Waals surface area contributed by atoms with Gasteiger partial charge in [0.1, 0.15) is 17.1 Å². The average Bonchev–Trinajstić information content (AvgIpc) is 2.62. The molecule has 9 heteroatoms. The first kappa shape index (κ1) is 17.4. The molecule has 0 saturated heterocycles. The van der Waals surface area contributed by atoms with E-state index < -0.39 is 0 Å². The fraction of sp³-hybridized carbons (Fsp3) is 0.176. The van der Waals surface area contributed by atoms with Crippen LogP contribution in [-0.2, 0) is 6.61 Å². The Balaban J connectivity index is 1.88. The third kappa shape index (κ3) is 3.95. The second-order valence-corrected chi connectivity index (χ2v) is 5.40. The van der Waals surface area contributed by atoms with Gasteiger partial charge in [0.25, 0.3) is 0 Å². The van der Waals surface area contributed by atoms with Crippen LogP contribution in [0.4, 0.5) is 22.1 Å². The number of phenols is 1. The van der Waals surface area contributed by atoms with Crippen molar-refractivity contribution in [2.75, 3.05) is 17.2 Å². The fourth-order valence-electron chi connectivity index (χ4n) is 2.31. The lowest BCUT2D eigenvalue weighted by Gasteiger charge is -2.11. The van der Waals surface area contributed by atoms with Crippen LogP contribution in [0.1, 0.15) is 12.5 Å². The largest absolute Gasteiger partial charge is 0.508 e. The van der Waals surface area contributed by atoms with E-state index >= 15 is 0 Å². The van der Waals surface area contributed by atoms with E-state index in [1.807, 2.05) is 6.92 Å². The molecule has 0 spiro atoms. The number of nitrogens with zero attached hydrogens (tertiary/aromatic N) is 3. The molecule has 0 unspecified atom stereocenters. The van der Waals surface area contributed by atoms with E-state index in [1.54, 1.807) is 18.2 Å². The highest BCUT2D eigenvalue weighted by Crippen LogP contribution is 2.25. The lowest BCUT2D eigenvalue weighted by atomic mass is 10.2. The minimum absolute atomic E-state index is 0.0602. The first-order valence-corrected chi connectivity index (χ1v) is 7.97. The highest BCUT2D eigenvalue weighted by molar-refractivity contribution is 5.89. The summed E-state index contributed by atoms with van der Waals surface area (Å²) in [6, 6.07) is 7.57. The number of benzene rings is 1. The third-order valence-corrected chi connectivity index (χ3v) is 3.51. The summed E-state index contributed by atoms with van der Waals surface area (Å²) in [5.74, 6) is 0.800. The fourth-order valence-corrected chi connectivity index (χ4v) is 2.31. The first-order valence-electron chi connectivity index (χ1n) is 7.97. The van der Waals surface area contributed by atoms with Crippen LogP contribution >= 0.6 is 0 Å². The summed E-state index contributed by atoms with van der Waals surface area (Å²) in [6.07, 6.45) is 1.52. The number of carbonyl (C=O) groups is 1. The van der Waals surface area contributed by atoms with Crippen molar-refractivity contribution in [2.45, 2.75) is 13.5 Å². The number of aromatic nitrogens is 3. The Morgan fingerprint density at radius 1 is 1.15 bits per heavy atom. The van der Waals surface area contributed by atoms with Crippen molar-refractivity contribution in [3.63, 3.8) is 0 Å². The molecule has 0 aliphatic rings. The molecular formula is C17H18N6O3. The lowest BCUT2D eigenvalue weighted by Crippen LogP contribution is -2.28. The van der Waals surface area contributed by atoms with E-state index in [-0.39, 0.29) is 18.4 Å². The second-order valence-electron chi connectivity index (χ2n) is 5.40. The molecule has 0 bridgehead atoms. The van der Waals surface area contributed by atoms with Crippen LogP contribution in [-0.4, -0.2) is 37.7 Å². The number of aromatic hydroxyl groups is 1. The van der Waals surface area contributed by atoms with Crippen molar-refractivity contribution in [2.24, 2.45) is 0 Å². The predicted molar refractivity (Wildman–Crippen MR) is 97.3 cm³/mol. The summed E-state index contributed by atoms with van der Waals surface area (Å²) in [5, 5.41) is 27.3. The number of hydrogen-bond donors (Lipinski definition) is 5. The lowest BCUT2D eigenvalue weighted by molar-refractivity contribution is 0.252. The Labute approximate surface area is 149 Å². The van der Waals surface area contributed by atoms with Gasteiger partial charge in [0.2, 0.25) is 0 Å². The SMILES string of the molecule is CCNC(=O)Nc1ccc2ncc(Nc3cc(O)ccc3CO)nc2n1. The number of hydrogen-bond acceptors (Lipinski definition) is 7. The van der Waals surface area contributed by atoms with Crippen LogP contribution in [0, 0.1) is 0 Å². The molecule has 2 heterocycles. The van der Waals surface area contributed by atoms with Crippen LogP contribution in [0.2, 0.25) is 0 Å². The van der Waals surface area contributed by atoms with Gasteiger partial charge in [0.15, 0.2) is 11.5 Å². The Kier molecular flexibility index (Phi) is 5.09. The van der Waals surface area contributed by atoms with Gasteiger partial charge in [-0.2, -0.15) is 0 Å². The van der Waals surface area contributed by atoms with E-state index in [4.69, 9.17) is 0 Å². The normalized spacial score (nSPS) is 10.5. The molecule has 0 fully saturated rings. The van der Waals surface area contributed by atoms with Gasteiger partial charge in [-0.15, -0.1) is 0 Å². The van der Waals surface area contributed by atoms with Crippen LogP contribution in [0.3, 0.4) is 0 Å². The summed E-state index contributed by atoms with van der Waals surface area (Å²) >= 11 is 0. The number of rotatable bonds is 5. The number of nitrogens with one attached hydrogen (secondary N) is 3. The maximum Gasteiger partial charge on any atom is 0.320 e. The van der Waals surface area contributed by atoms with Gasteiger partial charge in [-0.05, 0) is 25.1 Å². The molecule has 0 saturated carbocycles. The van der Waals surface area contributed by atoms with Crippen LogP contribution in [0.5, 0.6) is 5.75 Å². The molecule has 134 valence electrons. The van der Waals surface area contributed by atoms with E-state index in [1.165, 1.54) is 18.3 Å². The van der Waals surface area contributed by atoms with Crippen molar-refractivity contribution in [3.05, 3.63) is 42.1 Å². The summed E-state index contributed by atoms with van der Waals surface area (Å²) in [7, 11) is 0. The predicted octanol–water partition coefficient (Wildman–Crippen LogP) is 2.11. The van der Waals surface area contributed by atoms with E-state index in [0.29, 0.717) is 40.6 Å². The highest BCUT2D eigenvalue weighted by atomic mass is 16.3. The number of pyridine rings is 1. The van der Waals surface area contributed by atoms with Gasteiger partial charge in [0, 0.05) is 23.9 Å². The minimum atomic E-state index is -0.353. The maximum absolute atomic E-state index is 11.6. The zero-order valence-electron chi connectivity index (χ0n) is 14.0. The monoisotopic (exact) mass is 354 g/mol. The molecule has 5 N–H and O–H groups in total. The number of carbonyl (C=O) groups excluding carboxylic acids is 1. The molecule has 26 heavy (non-hydrogen) atoms. The van der Waals surface area contributed by atoms with E-state index in [0.717, 1.165) is 0 Å². The number of phenolic OH excluding ortho intramolecular Hbond substituents is 1. The van der Waals surface area contributed by atoms with E-state index in [2.05, 4.69) is 30.9 Å². The Morgan fingerprint density at radius 2 is 1.96 bits per heavy atom. The quantitative estimate of drug-likeness (QED) is 0.474. The maximum atomic E-state index is 11.6. The van der Waals surface area contributed by atoms with Gasteiger partial charge in [-0.1, -0.05) is 6.07 Å². The third-order valence-electron chi connectivity index (χ3n) is 3.51. The number of amides is 2. The van der Waals surface area contributed by atoms with Gasteiger partial charge in [-0.3, -0.25) is 5.32 Å². The number of anilines is 3. The Morgan fingerprint density at radius 3 is 2.73 bits per heavy atom. The molecule has 1 aromatic carbocycles. The molecule has 0 radical (unpaired) electrons. The summed E-state index contributed by atoms with van der Waals surface area (Å²) in [5.41, 5.74) is 2.02. The standard InChI is InChI=1S/C17H18N6O3/c1-2-18-17(26)23-14-6-5-12-16(21-14)22-15(8-19-12)20-13-7-11(25)4-3-10(13)9-24/h3-8,24-25H,2,9H2,1H3,(H3,18,20,21,22,23,26). The second kappa shape index (κ2) is 7.62. The molecule has 2 amide bonds. The molecule has 3 aromatic rings. The molecule has 0 aliphatic heterocycles. The van der Waals surface area contributed by atoms with Crippen LogP contribution in [0.25, 0.3) is 11.2 Å². The Hall–Kier alpha value is -3.46.